The average Bonchev–Trinajstić information content (AvgIpc) is 3.23. The zero-order valence-electron chi connectivity index (χ0n) is 22.4. The first-order valence-electron chi connectivity index (χ1n) is 13.7. The van der Waals surface area contributed by atoms with E-state index in [2.05, 4.69) is 110 Å². The van der Waals surface area contributed by atoms with Crippen LogP contribution in [-0.2, 0) is 5.41 Å². The Morgan fingerprint density at radius 2 is 1.18 bits per heavy atom. The Morgan fingerprint density at radius 1 is 0.525 bits per heavy atom. The van der Waals surface area contributed by atoms with Crippen LogP contribution >= 0.6 is 0 Å². The molecule has 0 aromatic heterocycles. The van der Waals surface area contributed by atoms with E-state index in [0.717, 1.165) is 22.8 Å². The van der Waals surface area contributed by atoms with Crippen LogP contribution in [0.3, 0.4) is 0 Å². The summed E-state index contributed by atoms with van der Waals surface area (Å²) in [5, 5.41) is 2.36. The number of rotatable bonds is 3. The molecular formula is C37H27NO2. The van der Waals surface area contributed by atoms with Gasteiger partial charge >= 0.3 is 0 Å². The summed E-state index contributed by atoms with van der Waals surface area (Å²) in [6.45, 7) is 4.64. The Balaban J connectivity index is 1.38. The van der Waals surface area contributed by atoms with Gasteiger partial charge in [0.25, 0.3) is 0 Å². The second-order valence-corrected chi connectivity index (χ2v) is 11.0. The van der Waals surface area contributed by atoms with Crippen LogP contribution in [-0.4, -0.2) is 0 Å². The molecular weight excluding hydrogens is 490 g/mol. The fraction of sp³-hybridized carbons (Fsp3) is 0.0811. The van der Waals surface area contributed by atoms with Gasteiger partial charge < -0.3 is 14.4 Å². The van der Waals surface area contributed by atoms with Gasteiger partial charge in [0.05, 0.1) is 11.4 Å². The molecule has 0 saturated heterocycles. The standard InChI is InChI=1S/C37H27NO2/c1-37(2)29-15-6-5-14-27(29)28-22-21-25(23-30(28)37)38(31-16-9-12-24-11-3-4-13-26(24)31)32-17-10-20-35-36(32)40-34-19-8-7-18-33(34)39-35/h3-23H,1-2H3. The van der Waals surface area contributed by atoms with Crippen LogP contribution in [0.4, 0.5) is 17.1 Å². The van der Waals surface area contributed by atoms with Crippen molar-refractivity contribution in [1.29, 1.82) is 0 Å². The van der Waals surface area contributed by atoms with E-state index in [1.54, 1.807) is 0 Å². The molecule has 0 saturated carbocycles. The number of benzene rings is 6. The molecule has 0 atom stereocenters. The molecule has 1 heterocycles. The molecule has 0 N–H and O–H groups in total. The minimum atomic E-state index is -0.110. The van der Waals surface area contributed by atoms with Gasteiger partial charge in [-0.2, -0.15) is 0 Å². The molecule has 0 bridgehead atoms. The van der Waals surface area contributed by atoms with Gasteiger partial charge in [-0.05, 0) is 70.1 Å². The van der Waals surface area contributed by atoms with Crippen LogP contribution in [0.5, 0.6) is 23.0 Å². The van der Waals surface area contributed by atoms with Crippen molar-refractivity contribution in [2.45, 2.75) is 19.3 Å². The number of nitrogens with zero attached hydrogens (tertiary/aromatic N) is 1. The summed E-state index contributed by atoms with van der Waals surface area (Å²) < 4.78 is 12.9. The van der Waals surface area contributed by atoms with Crippen LogP contribution < -0.4 is 14.4 Å². The number of para-hydroxylation sites is 3. The summed E-state index contributed by atoms with van der Waals surface area (Å²) >= 11 is 0. The van der Waals surface area contributed by atoms with Crippen LogP contribution in [0.1, 0.15) is 25.0 Å². The van der Waals surface area contributed by atoms with Gasteiger partial charge in [0.1, 0.15) is 0 Å². The quantitative estimate of drug-likeness (QED) is 0.233. The number of hydrogen-bond donors (Lipinski definition) is 0. The van der Waals surface area contributed by atoms with Crippen LogP contribution in [0, 0.1) is 0 Å². The monoisotopic (exact) mass is 517 g/mol. The van der Waals surface area contributed by atoms with Gasteiger partial charge in [-0.25, -0.2) is 0 Å². The third-order valence-corrected chi connectivity index (χ3v) is 8.31. The van der Waals surface area contributed by atoms with Gasteiger partial charge in [-0.1, -0.05) is 98.8 Å². The van der Waals surface area contributed by atoms with Crippen molar-refractivity contribution in [3.8, 4) is 34.1 Å². The fourth-order valence-electron chi connectivity index (χ4n) is 6.35. The number of hydrogen-bond acceptors (Lipinski definition) is 3. The SMILES string of the molecule is CC1(C)c2ccccc2-c2ccc(N(c3cccc4c3Oc3ccccc3O4)c3cccc4ccccc34)cc21. The highest BCUT2D eigenvalue weighted by molar-refractivity contribution is 6.00. The van der Waals surface area contributed by atoms with Crippen molar-refractivity contribution in [3.05, 3.63) is 139 Å². The molecule has 0 unspecified atom stereocenters. The van der Waals surface area contributed by atoms with Crippen molar-refractivity contribution in [3.63, 3.8) is 0 Å². The minimum Gasteiger partial charge on any atom is -0.449 e. The van der Waals surface area contributed by atoms with E-state index in [9.17, 15) is 0 Å². The summed E-state index contributed by atoms with van der Waals surface area (Å²) in [7, 11) is 0. The predicted molar refractivity (Wildman–Crippen MR) is 163 cm³/mol. The highest BCUT2D eigenvalue weighted by Gasteiger charge is 2.36. The highest BCUT2D eigenvalue weighted by atomic mass is 16.6. The molecule has 6 aromatic carbocycles. The maximum Gasteiger partial charge on any atom is 0.194 e. The van der Waals surface area contributed by atoms with Gasteiger partial charge in [0, 0.05) is 16.5 Å². The average molecular weight is 518 g/mol. The topological polar surface area (TPSA) is 21.7 Å². The Hall–Kier alpha value is -5.02. The third kappa shape index (κ3) is 3.31. The molecule has 2 aliphatic rings. The second-order valence-electron chi connectivity index (χ2n) is 11.0. The second kappa shape index (κ2) is 8.49. The van der Waals surface area contributed by atoms with E-state index < -0.39 is 0 Å². The van der Waals surface area contributed by atoms with Crippen LogP contribution in [0.2, 0.25) is 0 Å². The molecule has 0 spiro atoms. The first-order chi connectivity index (χ1) is 19.6. The first kappa shape index (κ1) is 22.9. The molecule has 0 radical (unpaired) electrons. The number of ether oxygens (including phenoxy) is 2. The Bertz CT molecular complexity index is 1950. The molecule has 192 valence electrons. The van der Waals surface area contributed by atoms with Crippen LogP contribution in [0.25, 0.3) is 21.9 Å². The molecule has 0 amide bonds. The summed E-state index contributed by atoms with van der Waals surface area (Å²) in [6.07, 6.45) is 0. The maximum atomic E-state index is 6.56. The van der Waals surface area contributed by atoms with E-state index in [0.29, 0.717) is 17.2 Å². The molecule has 6 aromatic rings. The maximum absolute atomic E-state index is 6.56. The minimum absolute atomic E-state index is 0.110. The Labute approximate surface area is 233 Å². The third-order valence-electron chi connectivity index (χ3n) is 8.31. The largest absolute Gasteiger partial charge is 0.449 e. The molecule has 8 rings (SSSR count). The lowest BCUT2D eigenvalue weighted by atomic mass is 9.82. The molecule has 3 nitrogen and oxygen atoms in total. The van der Waals surface area contributed by atoms with Crippen LogP contribution in [0.15, 0.2) is 127 Å². The smallest absolute Gasteiger partial charge is 0.194 e. The molecule has 1 aliphatic heterocycles. The van der Waals surface area contributed by atoms with E-state index in [1.165, 1.54) is 33.0 Å². The van der Waals surface area contributed by atoms with Crippen molar-refractivity contribution in [2.75, 3.05) is 4.90 Å². The van der Waals surface area contributed by atoms with Gasteiger partial charge in [0.2, 0.25) is 0 Å². The molecule has 40 heavy (non-hydrogen) atoms. The van der Waals surface area contributed by atoms with E-state index >= 15 is 0 Å². The lowest BCUT2D eigenvalue weighted by Gasteiger charge is -2.32. The zero-order valence-corrected chi connectivity index (χ0v) is 22.4. The highest BCUT2D eigenvalue weighted by Crippen LogP contribution is 2.55. The summed E-state index contributed by atoms with van der Waals surface area (Å²) in [6, 6.07) is 44.6. The molecule has 1 aliphatic carbocycles. The normalized spacial score (nSPS) is 13.8. The lowest BCUT2D eigenvalue weighted by Crippen LogP contribution is -2.17. The van der Waals surface area contributed by atoms with Crippen molar-refractivity contribution >= 4 is 27.8 Å². The van der Waals surface area contributed by atoms with E-state index in [1.807, 2.05) is 36.4 Å². The lowest BCUT2D eigenvalue weighted by molar-refractivity contribution is 0.360. The Morgan fingerprint density at radius 3 is 2.08 bits per heavy atom. The summed E-state index contributed by atoms with van der Waals surface area (Å²) in [5.74, 6) is 2.85. The molecule has 0 fully saturated rings. The van der Waals surface area contributed by atoms with Crippen molar-refractivity contribution < 1.29 is 9.47 Å². The van der Waals surface area contributed by atoms with E-state index in [4.69, 9.17) is 9.47 Å². The van der Waals surface area contributed by atoms with Crippen molar-refractivity contribution in [1.82, 2.24) is 0 Å². The number of anilines is 3. The van der Waals surface area contributed by atoms with Crippen molar-refractivity contribution in [2.24, 2.45) is 0 Å². The first-order valence-corrected chi connectivity index (χ1v) is 13.7. The van der Waals surface area contributed by atoms with Gasteiger partial charge in [0.15, 0.2) is 23.0 Å². The fourth-order valence-corrected chi connectivity index (χ4v) is 6.35. The summed E-state index contributed by atoms with van der Waals surface area (Å²) in [4.78, 5) is 2.32. The zero-order chi connectivity index (χ0) is 26.8. The van der Waals surface area contributed by atoms with E-state index in [-0.39, 0.29) is 5.41 Å². The van der Waals surface area contributed by atoms with Gasteiger partial charge in [-0.15, -0.1) is 0 Å². The van der Waals surface area contributed by atoms with Gasteiger partial charge in [-0.3, -0.25) is 0 Å². The Kier molecular flexibility index (Phi) is 4.86. The predicted octanol–water partition coefficient (Wildman–Crippen LogP) is 10.5. The summed E-state index contributed by atoms with van der Waals surface area (Å²) in [5.41, 5.74) is 8.28. The number of fused-ring (bicyclic) bond motifs is 6. The molecule has 3 heteroatoms.